The van der Waals surface area contributed by atoms with E-state index in [0.29, 0.717) is 10.8 Å². The number of aliphatic imine (C=N–C) groups is 1. The maximum atomic E-state index is 12.6. The average molecular weight is 334 g/mol. The highest BCUT2D eigenvalue weighted by Crippen LogP contribution is 2.41. The smallest absolute Gasteiger partial charge is 0.365 e. The molecule has 0 bridgehead atoms. The molecule has 122 valence electrons. The van der Waals surface area contributed by atoms with E-state index in [-0.39, 0.29) is 28.4 Å². The van der Waals surface area contributed by atoms with Crippen LogP contribution in [-0.4, -0.2) is 28.6 Å². The molecule has 2 aromatic carbocycles. The van der Waals surface area contributed by atoms with Gasteiger partial charge in [-0.05, 0) is 34.3 Å². The number of fused-ring (bicyclic) bond motifs is 2. The molecule has 7 nitrogen and oxygen atoms in total. The summed E-state index contributed by atoms with van der Waals surface area (Å²) >= 11 is 0. The number of ketones is 1. The molecule has 1 unspecified atom stereocenters. The number of primary amides is 1. The van der Waals surface area contributed by atoms with E-state index in [1.165, 1.54) is 18.2 Å². The van der Waals surface area contributed by atoms with Gasteiger partial charge in [0.25, 0.3) is 5.91 Å². The fourth-order valence-electron chi connectivity index (χ4n) is 3.15. The van der Waals surface area contributed by atoms with Crippen LogP contribution in [0.25, 0.3) is 10.8 Å². The Morgan fingerprint density at radius 2 is 1.84 bits per heavy atom. The summed E-state index contributed by atoms with van der Waals surface area (Å²) in [6, 6.07) is 9.15. The van der Waals surface area contributed by atoms with Crippen molar-refractivity contribution in [3.8, 4) is 0 Å². The number of carbonyl (C=O) groups is 3. The summed E-state index contributed by atoms with van der Waals surface area (Å²) in [6.45, 7) is 0. The van der Waals surface area contributed by atoms with Crippen LogP contribution in [0, 0.1) is 0 Å². The SMILES string of the molecule is NC(=O)c1ccc2ccccc2c1[N+]1(O)C(=O)N=C2C=CC(=O)C=C21. The lowest BCUT2D eigenvalue weighted by atomic mass is 10.00. The van der Waals surface area contributed by atoms with E-state index in [9.17, 15) is 19.6 Å². The second-order valence-corrected chi connectivity index (χ2v) is 5.73. The maximum Gasteiger partial charge on any atom is 0.486 e. The van der Waals surface area contributed by atoms with Gasteiger partial charge in [-0.2, -0.15) is 5.21 Å². The molecule has 0 fully saturated rings. The third kappa shape index (κ3) is 2.00. The van der Waals surface area contributed by atoms with Crippen molar-refractivity contribution in [1.82, 2.24) is 4.65 Å². The van der Waals surface area contributed by atoms with Crippen molar-refractivity contribution in [3.63, 3.8) is 0 Å². The Balaban J connectivity index is 2.11. The zero-order valence-corrected chi connectivity index (χ0v) is 12.8. The summed E-state index contributed by atoms with van der Waals surface area (Å²) in [5, 5.41) is 12.5. The van der Waals surface area contributed by atoms with Crippen LogP contribution in [0.2, 0.25) is 0 Å². The van der Waals surface area contributed by atoms with Crippen LogP contribution in [0.1, 0.15) is 10.4 Å². The van der Waals surface area contributed by atoms with Crippen LogP contribution < -0.4 is 10.4 Å². The number of nitrogens with two attached hydrogens (primary N) is 1. The molecule has 3 amide bonds. The first-order chi connectivity index (χ1) is 11.9. The van der Waals surface area contributed by atoms with Crippen LogP contribution in [0.15, 0.2) is 65.3 Å². The highest BCUT2D eigenvalue weighted by atomic mass is 16.6. The normalized spacial score (nSPS) is 22.0. The maximum absolute atomic E-state index is 12.6. The molecule has 4 rings (SSSR count). The number of hydroxylamine groups is 2. The summed E-state index contributed by atoms with van der Waals surface area (Å²) in [7, 11) is 0. The van der Waals surface area contributed by atoms with Gasteiger partial charge in [0.15, 0.2) is 5.78 Å². The van der Waals surface area contributed by atoms with Crippen molar-refractivity contribution in [2.75, 3.05) is 0 Å². The Hall–Kier alpha value is -3.42. The number of allylic oxidation sites excluding steroid dienone is 3. The van der Waals surface area contributed by atoms with Gasteiger partial charge < -0.3 is 5.73 Å². The van der Waals surface area contributed by atoms with Crippen LogP contribution >= 0.6 is 0 Å². The standard InChI is InChI=1S/C18H11N3O4/c19-17(23)13-7-5-10-3-1-2-4-12(10)16(13)21(25)15-9-11(22)6-8-14(15)20-18(21)24/h1-9,25H,(H-,19,23)/p+1. The fourth-order valence-corrected chi connectivity index (χ4v) is 3.15. The Morgan fingerprint density at radius 1 is 1.08 bits per heavy atom. The fraction of sp³-hybridized carbons (Fsp3) is 0. The first-order valence-electron chi connectivity index (χ1n) is 7.45. The van der Waals surface area contributed by atoms with Crippen LogP contribution in [0.3, 0.4) is 0 Å². The van der Waals surface area contributed by atoms with E-state index >= 15 is 0 Å². The van der Waals surface area contributed by atoms with Crippen molar-refractivity contribution in [3.05, 3.63) is 65.9 Å². The molecular formula is C18H12N3O4+. The Bertz CT molecular complexity index is 1080. The lowest BCUT2D eigenvalue weighted by Crippen LogP contribution is -2.48. The van der Waals surface area contributed by atoms with Crippen molar-refractivity contribution in [1.29, 1.82) is 0 Å². The van der Waals surface area contributed by atoms with Gasteiger partial charge >= 0.3 is 6.03 Å². The number of amides is 3. The lowest BCUT2D eigenvalue weighted by Gasteiger charge is -2.25. The number of urea groups is 1. The minimum absolute atomic E-state index is 0.00338. The molecule has 2 aliphatic rings. The van der Waals surface area contributed by atoms with Gasteiger partial charge in [0.05, 0.1) is 6.08 Å². The largest absolute Gasteiger partial charge is 0.486 e. The zero-order chi connectivity index (χ0) is 17.8. The molecular weight excluding hydrogens is 322 g/mol. The third-order valence-electron chi connectivity index (χ3n) is 4.28. The molecule has 25 heavy (non-hydrogen) atoms. The predicted molar refractivity (Wildman–Crippen MR) is 91.1 cm³/mol. The summed E-state index contributed by atoms with van der Waals surface area (Å²) in [6.07, 6.45) is 3.75. The molecule has 0 radical (unpaired) electrons. The van der Waals surface area contributed by atoms with Crippen LogP contribution in [0.4, 0.5) is 10.5 Å². The molecule has 0 spiro atoms. The molecule has 0 saturated carbocycles. The Kier molecular flexibility index (Phi) is 3.05. The lowest BCUT2D eigenvalue weighted by molar-refractivity contribution is -0.110. The van der Waals surface area contributed by atoms with Gasteiger partial charge in [-0.3, -0.25) is 9.59 Å². The van der Waals surface area contributed by atoms with Gasteiger partial charge in [0, 0.05) is 5.39 Å². The van der Waals surface area contributed by atoms with E-state index < -0.39 is 16.6 Å². The van der Waals surface area contributed by atoms with E-state index in [4.69, 9.17) is 5.73 Å². The number of rotatable bonds is 2. The molecule has 1 heterocycles. The molecule has 2 aromatic rings. The second-order valence-electron chi connectivity index (χ2n) is 5.73. The molecule has 0 aromatic heterocycles. The number of quaternary nitrogens is 1. The van der Waals surface area contributed by atoms with Gasteiger partial charge in [-0.15, -0.1) is 4.99 Å². The number of carbonyl (C=O) groups excluding carboxylic acids is 3. The number of nitrogens with zero attached hydrogens (tertiary/aromatic N) is 2. The van der Waals surface area contributed by atoms with Crippen molar-refractivity contribution >= 4 is 39.9 Å². The van der Waals surface area contributed by atoms with Gasteiger partial charge in [0.2, 0.25) is 11.4 Å². The van der Waals surface area contributed by atoms with E-state index in [1.54, 1.807) is 30.3 Å². The zero-order valence-electron chi connectivity index (χ0n) is 12.8. The van der Waals surface area contributed by atoms with Crippen molar-refractivity contribution < 1.29 is 19.6 Å². The summed E-state index contributed by atoms with van der Waals surface area (Å²) in [5.41, 5.74) is 5.61. The predicted octanol–water partition coefficient (Wildman–Crippen LogP) is 2.23. The van der Waals surface area contributed by atoms with E-state index in [0.717, 1.165) is 6.08 Å². The minimum Gasteiger partial charge on any atom is -0.365 e. The van der Waals surface area contributed by atoms with Crippen LogP contribution in [0.5, 0.6) is 0 Å². The number of hydrogen-bond acceptors (Lipinski definition) is 4. The Morgan fingerprint density at radius 3 is 2.60 bits per heavy atom. The molecule has 7 heteroatoms. The highest BCUT2D eigenvalue weighted by molar-refractivity contribution is 6.29. The molecule has 1 aliphatic carbocycles. The van der Waals surface area contributed by atoms with E-state index in [1.807, 2.05) is 0 Å². The average Bonchev–Trinajstić information content (AvgIpc) is 2.85. The Labute approximate surface area is 141 Å². The summed E-state index contributed by atoms with van der Waals surface area (Å²) in [5.74, 6) is -1.19. The highest BCUT2D eigenvalue weighted by Gasteiger charge is 2.54. The van der Waals surface area contributed by atoms with E-state index in [2.05, 4.69) is 4.99 Å². The van der Waals surface area contributed by atoms with Crippen LogP contribution in [-0.2, 0) is 4.79 Å². The topological polar surface area (TPSA) is 110 Å². The first-order valence-corrected chi connectivity index (χ1v) is 7.45. The third-order valence-corrected chi connectivity index (χ3v) is 4.28. The van der Waals surface area contributed by atoms with Crippen molar-refractivity contribution in [2.24, 2.45) is 10.7 Å². The minimum atomic E-state index is -1.40. The van der Waals surface area contributed by atoms with Gasteiger partial charge in [-0.25, -0.2) is 4.79 Å². The number of hydrogen-bond donors (Lipinski definition) is 2. The second kappa shape index (κ2) is 5.04. The number of benzene rings is 2. The first kappa shape index (κ1) is 15.1. The molecule has 1 aliphatic heterocycles. The molecule has 1 atom stereocenters. The van der Waals surface area contributed by atoms with Crippen molar-refractivity contribution in [2.45, 2.75) is 0 Å². The monoisotopic (exact) mass is 334 g/mol. The summed E-state index contributed by atoms with van der Waals surface area (Å²) < 4.78 is -1.40. The van der Waals surface area contributed by atoms with Gasteiger partial charge in [-0.1, -0.05) is 24.3 Å². The van der Waals surface area contributed by atoms with Gasteiger partial charge in [0.1, 0.15) is 11.3 Å². The molecule has 0 saturated heterocycles. The molecule has 3 N–H and O–H groups in total. The quantitative estimate of drug-likeness (QED) is 0.498. The summed E-state index contributed by atoms with van der Waals surface area (Å²) in [4.78, 5) is 40.1.